The van der Waals surface area contributed by atoms with Gasteiger partial charge in [0.15, 0.2) is 0 Å². The van der Waals surface area contributed by atoms with Crippen LogP contribution in [-0.4, -0.2) is 6.71 Å². The van der Waals surface area contributed by atoms with Crippen LogP contribution in [0.2, 0.25) is 0 Å². The predicted octanol–water partition coefficient (Wildman–Crippen LogP) is 13.8. The standard InChI is InChI=1S/C58H53BN2/c1-36(2)39-22-19-23-40(37(3)4)55(39)59-49-33-32-38(60-50-28-15-11-24-45(50)57(5,6)46-25-12-16-29-51(46)60)34-43(49)44-35-54(41-20-9-10-21-42(41)56(44)59)61-52-30-17-13-26-47(52)58(7,8)48-27-14-18-31-53(48)61/h9-37H,1-8H3. The lowest BCUT2D eigenvalue weighted by molar-refractivity contribution is 0.632. The summed E-state index contributed by atoms with van der Waals surface area (Å²) in [5.41, 5.74) is 22.3. The van der Waals surface area contributed by atoms with Gasteiger partial charge in [0.05, 0.1) is 28.4 Å². The predicted molar refractivity (Wildman–Crippen MR) is 262 cm³/mol. The molecule has 0 saturated carbocycles. The zero-order chi connectivity index (χ0) is 41.9. The molecule has 2 nitrogen and oxygen atoms in total. The average Bonchev–Trinajstić information content (AvgIpc) is 3.60. The third kappa shape index (κ3) is 5.35. The Bertz CT molecular complexity index is 2950. The molecule has 3 heterocycles. The number of nitrogens with zero attached hydrogens (tertiary/aromatic N) is 2. The van der Waals surface area contributed by atoms with Crippen LogP contribution >= 0.6 is 0 Å². The topological polar surface area (TPSA) is 6.48 Å². The number of rotatable bonds is 5. The Morgan fingerprint density at radius 1 is 0.393 bits per heavy atom. The van der Waals surface area contributed by atoms with Crippen LogP contribution in [0, 0.1) is 0 Å². The zero-order valence-electron chi connectivity index (χ0n) is 36.7. The van der Waals surface area contributed by atoms with E-state index in [9.17, 15) is 0 Å². The monoisotopic (exact) mass is 788 g/mol. The normalized spacial score (nSPS) is 15.3. The molecule has 0 atom stereocenters. The van der Waals surface area contributed by atoms with Crippen LogP contribution in [0.5, 0.6) is 0 Å². The highest BCUT2D eigenvalue weighted by Gasteiger charge is 2.43. The summed E-state index contributed by atoms with van der Waals surface area (Å²) in [6.07, 6.45) is 0. The first kappa shape index (κ1) is 37.7. The second-order valence-electron chi connectivity index (χ2n) is 19.3. The van der Waals surface area contributed by atoms with E-state index in [0.717, 1.165) is 0 Å². The molecule has 0 aliphatic carbocycles. The van der Waals surface area contributed by atoms with E-state index in [0.29, 0.717) is 11.8 Å². The molecule has 11 rings (SSSR count). The van der Waals surface area contributed by atoms with E-state index in [2.05, 4.69) is 229 Å². The van der Waals surface area contributed by atoms with Crippen LogP contribution < -0.4 is 26.2 Å². The lowest BCUT2D eigenvalue weighted by Crippen LogP contribution is -2.52. The van der Waals surface area contributed by atoms with E-state index >= 15 is 0 Å². The van der Waals surface area contributed by atoms with Gasteiger partial charge < -0.3 is 9.80 Å². The minimum absolute atomic E-state index is 0.0775. The van der Waals surface area contributed by atoms with Crippen LogP contribution in [0.25, 0.3) is 21.9 Å². The van der Waals surface area contributed by atoms with Crippen molar-refractivity contribution in [3.8, 4) is 11.1 Å². The quantitative estimate of drug-likeness (QED) is 0.160. The molecule has 0 amide bonds. The molecule has 298 valence electrons. The number of fused-ring (bicyclic) bond motifs is 9. The second-order valence-corrected chi connectivity index (χ2v) is 19.3. The minimum Gasteiger partial charge on any atom is -0.310 e. The fourth-order valence-corrected chi connectivity index (χ4v) is 11.5. The van der Waals surface area contributed by atoms with Gasteiger partial charge in [-0.1, -0.05) is 193 Å². The maximum Gasteiger partial charge on any atom is 0.244 e. The Labute approximate surface area is 362 Å². The molecule has 0 fully saturated rings. The number of hydrogen-bond donors (Lipinski definition) is 0. The molecular formula is C58H53BN2. The molecule has 8 aromatic rings. The molecule has 3 aliphatic heterocycles. The van der Waals surface area contributed by atoms with Gasteiger partial charge >= 0.3 is 0 Å². The van der Waals surface area contributed by atoms with E-state index in [4.69, 9.17) is 0 Å². The van der Waals surface area contributed by atoms with Crippen molar-refractivity contribution in [3.05, 3.63) is 197 Å². The largest absolute Gasteiger partial charge is 0.310 e. The van der Waals surface area contributed by atoms with Gasteiger partial charge in [-0.25, -0.2) is 0 Å². The van der Waals surface area contributed by atoms with Crippen molar-refractivity contribution < 1.29 is 0 Å². The Hall–Kier alpha value is -6.32. The van der Waals surface area contributed by atoms with Crippen molar-refractivity contribution in [1.29, 1.82) is 0 Å². The van der Waals surface area contributed by atoms with Crippen molar-refractivity contribution in [3.63, 3.8) is 0 Å². The van der Waals surface area contributed by atoms with Crippen molar-refractivity contribution >= 4 is 68.0 Å². The van der Waals surface area contributed by atoms with Crippen molar-refractivity contribution in [1.82, 2.24) is 0 Å². The smallest absolute Gasteiger partial charge is 0.244 e. The van der Waals surface area contributed by atoms with Crippen LogP contribution in [0.1, 0.15) is 101 Å². The van der Waals surface area contributed by atoms with Gasteiger partial charge in [-0.3, -0.25) is 0 Å². The Balaban J connectivity index is 1.24. The summed E-state index contributed by atoms with van der Waals surface area (Å²) < 4.78 is 0. The summed E-state index contributed by atoms with van der Waals surface area (Å²) in [4.78, 5) is 5.09. The van der Waals surface area contributed by atoms with Crippen LogP contribution in [0.4, 0.5) is 34.1 Å². The second kappa shape index (κ2) is 13.6. The molecule has 0 saturated heterocycles. The van der Waals surface area contributed by atoms with E-state index in [1.807, 2.05) is 0 Å². The summed E-state index contributed by atoms with van der Waals surface area (Å²) in [6.45, 7) is 19.0. The molecule has 0 radical (unpaired) electrons. The van der Waals surface area contributed by atoms with Crippen molar-refractivity contribution in [2.75, 3.05) is 9.80 Å². The third-order valence-electron chi connectivity index (χ3n) is 14.5. The first-order valence-electron chi connectivity index (χ1n) is 22.3. The number of para-hydroxylation sites is 4. The van der Waals surface area contributed by atoms with Gasteiger partial charge in [-0.05, 0) is 104 Å². The fraction of sp³-hybridized carbons (Fsp3) is 0.207. The summed E-state index contributed by atoms with van der Waals surface area (Å²) >= 11 is 0. The van der Waals surface area contributed by atoms with Crippen LogP contribution in [-0.2, 0) is 10.8 Å². The van der Waals surface area contributed by atoms with Gasteiger partial charge in [0.25, 0.3) is 0 Å². The van der Waals surface area contributed by atoms with E-state index in [-0.39, 0.29) is 17.5 Å². The molecule has 0 bridgehead atoms. The summed E-state index contributed by atoms with van der Waals surface area (Å²) in [5, 5.41) is 2.60. The maximum atomic E-state index is 2.57. The van der Waals surface area contributed by atoms with E-state index in [1.54, 1.807) is 0 Å². The van der Waals surface area contributed by atoms with Gasteiger partial charge in [0.2, 0.25) is 6.71 Å². The lowest BCUT2D eigenvalue weighted by Gasteiger charge is -2.42. The first-order valence-corrected chi connectivity index (χ1v) is 22.3. The summed E-state index contributed by atoms with van der Waals surface area (Å²) in [7, 11) is 0. The van der Waals surface area contributed by atoms with Crippen LogP contribution in [0.15, 0.2) is 164 Å². The molecule has 0 spiro atoms. The molecule has 3 aliphatic rings. The summed E-state index contributed by atoms with van der Waals surface area (Å²) in [6, 6.07) is 62.4. The minimum atomic E-state index is -0.147. The molecule has 0 aromatic heterocycles. The fourth-order valence-electron chi connectivity index (χ4n) is 11.5. The lowest BCUT2D eigenvalue weighted by atomic mass is 9.36. The Morgan fingerprint density at radius 2 is 0.836 bits per heavy atom. The van der Waals surface area contributed by atoms with E-state index < -0.39 is 0 Å². The Morgan fingerprint density at radius 3 is 1.33 bits per heavy atom. The SMILES string of the molecule is CC(C)c1cccc(C(C)C)c1B1c2ccc(N3c4ccccc4C(C)(C)c4ccccc43)cc2-c2cc(N3c4ccccc4C(C)(C)c4ccccc43)c3ccccc3c21. The molecule has 0 N–H and O–H groups in total. The number of anilines is 6. The number of hydrogen-bond acceptors (Lipinski definition) is 2. The highest BCUT2D eigenvalue weighted by atomic mass is 15.2. The maximum absolute atomic E-state index is 2.57. The molecule has 0 unspecified atom stereocenters. The molecule has 61 heavy (non-hydrogen) atoms. The highest BCUT2D eigenvalue weighted by molar-refractivity contribution is 7.01. The van der Waals surface area contributed by atoms with Gasteiger partial charge in [0.1, 0.15) is 0 Å². The first-order chi connectivity index (χ1) is 29.5. The van der Waals surface area contributed by atoms with Crippen molar-refractivity contribution in [2.24, 2.45) is 0 Å². The van der Waals surface area contributed by atoms with Gasteiger partial charge in [0, 0.05) is 21.9 Å². The molecular weight excluding hydrogens is 735 g/mol. The number of benzene rings is 8. The average molecular weight is 789 g/mol. The van der Waals surface area contributed by atoms with Crippen molar-refractivity contribution in [2.45, 2.75) is 78.1 Å². The van der Waals surface area contributed by atoms with Crippen LogP contribution in [0.3, 0.4) is 0 Å². The zero-order valence-corrected chi connectivity index (χ0v) is 36.7. The molecule has 3 heteroatoms. The third-order valence-corrected chi connectivity index (χ3v) is 14.5. The summed E-state index contributed by atoms with van der Waals surface area (Å²) in [5.74, 6) is 0.751. The Kier molecular flexibility index (Phi) is 8.40. The molecule has 8 aromatic carbocycles. The van der Waals surface area contributed by atoms with Gasteiger partial charge in [-0.15, -0.1) is 0 Å². The van der Waals surface area contributed by atoms with Gasteiger partial charge in [-0.2, -0.15) is 0 Å². The van der Waals surface area contributed by atoms with E-state index in [1.165, 1.54) is 106 Å². The highest BCUT2D eigenvalue weighted by Crippen LogP contribution is 2.55.